The Hall–Kier alpha value is -3.80. The molecule has 2 heterocycles. The Morgan fingerprint density at radius 2 is 1.90 bits per heavy atom. The number of rotatable bonds is 8. The summed E-state index contributed by atoms with van der Waals surface area (Å²) in [6, 6.07) is 19.7. The molecule has 0 saturated carbocycles. The Balaban J connectivity index is 1.27. The van der Waals surface area contributed by atoms with Crippen LogP contribution in [0.3, 0.4) is 0 Å². The first kappa shape index (κ1) is 19.5. The first-order valence-corrected chi connectivity index (χ1v) is 9.89. The van der Waals surface area contributed by atoms with Crippen LogP contribution in [0.4, 0.5) is 11.5 Å². The molecule has 2 aromatic carbocycles. The third-order valence-corrected chi connectivity index (χ3v) is 4.95. The van der Waals surface area contributed by atoms with Crippen molar-refractivity contribution in [1.82, 2.24) is 9.97 Å². The molecule has 6 heteroatoms. The number of fused-ring (bicyclic) bond motifs is 1. The molecule has 1 amide bonds. The predicted octanol–water partition coefficient (Wildman–Crippen LogP) is 4.41. The van der Waals surface area contributed by atoms with Gasteiger partial charge in [0.25, 0.3) is 0 Å². The number of aromatic amines is 1. The van der Waals surface area contributed by atoms with Crippen LogP contribution >= 0.6 is 0 Å². The summed E-state index contributed by atoms with van der Waals surface area (Å²) in [6.07, 6.45) is 4.75. The maximum Gasteiger partial charge on any atom is 0.228 e. The fourth-order valence-corrected chi connectivity index (χ4v) is 3.36. The van der Waals surface area contributed by atoms with Crippen molar-refractivity contribution in [1.29, 1.82) is 0 Å². The van der Waals surface area contributed by atoms with E-state index in [1.165, 1.54) is 5.56 Å². The number of hydrogen-bond acceptors (Lipinski definition) is 4. The number of methoxy groups -OCH3 is 1. The van der Waals surface area contributed by atoms with Crippen molar-refractivity contribution < 1.29 is 9.53 Å². The Morgan fingerprint density at radius 3 is 2.67 bits per heavy atom. The predicted molar refractivity (Wildman–Crippen MR) is 120 cm³/mol. The van der Waals surface area contributed by atoms with E-state index in [4.69, 9.17) is 4.74 Å². The molecule has 2 aromatic heterocycles. The number of H-pyrrole nitrogens is 1. The second-order valence-electron chi connectivity index (χ2n) is 7.04. The van der Waals surface area contributed by atoms with Crippen molar-refractivity contribution in [3.63, 3.8) is 0 Å². The van der Waals surface area contributed by atoms with Crippen LogP contribution in [0.25, 0.3) is 10.9 Å². The van der Waals surface area contributed by atoms with E-state index >= 15 is 0 Å². The Kier molecular flexibility index (Phi) is 5.94. The van der Waals surface area contributed by atoms with Gasteiger partial charge in [0.2, 0.25) is 5.91 Å². The zero-order valence-corrected chi connectivity index (χ0v) is 16.8. The molecule has 0 saturated heterocycles. The number of pyridine rings is 1. The van der Waals surface area contributed by atoms with Crippen molar-refractivity contribution in [3.8, 4) is 5.75 Å². The van der Waals surface area contributed by atoms with Gasteiger partial charge in [-0.1, -0.05) is 30.3 Å². The molecule has 0 aliphatic carbocycles. The zero-order valence-electron chi connectivity index (χ0n) is 16.8. The largest absolute Gasteiger partial charge is 0.497 e. The van der Waals surface area contributed by atoms with E-state index in [-0.39, 0.29) is 5.91 Å². The van der Waals surface area contributed by atoms with Gasteiger partial charge in [-0.05, 0) is 47.9 Å². The number of nitrogens with one attached hydrogen (secondary N) is 3. The number of ether oxygens (including phenoxy) is 1. The van der Waals surface area contributed by atoms with Crippen molar-refractivity contribution >= 4 is 28.3 Å². The fourth-order valence-electron chi connectivity index (χ4n) is 3.36. The molecule has 6 nitrogen and oxygen atoms in total. The average molecular weight is 400 g/mol. The smallest absolute Gasteiger partial charge is 0.228 e. The van der Waals surface area contributed by atoms with Gasteiger partial charge in [-0.2, -0.15) is 0 Å². The van der Waals surface area contributed by atoms with Crippen LogP contribution in [0.15, 0.2) is 73.1 Å². The number of carbonyl (C=O) groups excluding carboxylic acids is 1. The molecular weight excluding hydrogens is 376 g/mol. The van der Waals surface area contributed by atoms with Crippen molar-refractivity contribution in [2.45, 2.75) is 12.8 Å². The van der Waals surface area contributed by atoms with Gasteiger partial charge in [0.15, 0.2) is 0 Å². The number of anilines is 2. The van der Waals surface area contributed by atoms with E-state index in [1.54, 1.807) is 13.3 Å². The molecule has 4 rings (SSSR count). The van der Waals surface area contributed by atoms with Crippen LogP contribution in [0.5, 0.6) is 5.75 Å². The molecule has 0 spiro atoms. The van der Waals surface area contributed by atoms with Crippen LogP contribution in [0, 0.1) is 0 Å². The number of hydrogen-bond donors (Lipinski definition) is 3. The minimum absolute atomic E-state index is 0.0678. The van der Waals surface area contributed by atoms with Crippen LogP contribution < -0.4 is 15.4 Å². The Bertz CT molecular complexity index is 1120. The zero-order chi connectivity index (χ0) is 20.8. The summed E-state index contributed by atoms with van der Waals surface area (Å²) in [4.78, 5) is 20.0. The van der Waals surface area contributed by atoms with E-state index in [2.05, 4.69) is 32.7 Å². The summed E-state index contributed by atoms with van der Waals surface area (Å²) in [6.45, 7) is 0.769. The highest BCUT2D eigenvalue weighted by atomic mass is 16.5. The topological polar surface area (TPSA) is 79.0 Å². The second kappa shape index (κ2) is 9.13. The quantitative estimate of drug-likeness (QED) is 0.409. The lowest BCUT2D eigenvalue weighted by molar-refractivity contribution is -0.115. The maximum absolute atomic E-state index is 12.4. The minimum atomic E-state index is -0.0678. The lowest BCUT2D eigenvalue weighted by Gasteiger charge is -2.08. The van der Waals surface area contributed by atoms with Gasteiger partial charge in [0.05, 0.1) is 25.4 Å². The number of aromatic nitrogens is 2. The van der Waals surface area contributed by atoms with Crippen LogP contribution in [-0.2, 0) is 17.6 Å². The molecule has 0 atom stereocenters. The monoisotopic (exact) mass is 400 g/mol. The molecule has 152 valence electrons. The molecule has 0 fully saturated rings. The number of nitrogens with zero attached hydrogens (tertiary/aromatic N) is 1. The molecule has 0 aliphatic rings. The average Bonchev–Trinajstić information content (AvgIpc) is 3.18. The highest BCUT2D eigenvalue weighted by Crippen LogP contribution is 2.19. The second-order valence-corrected chi connectivity index (χ2v) is 7.04. The first-order valence-electron chi connectivity index (χ1n) is 9.89. The third-order valence-electron chi connectivity index (χ3n) is 4.95. The maximum atomic E-state index is 12.4. The summed E-state index contributed by atoms with van der Waals surface area (Å²) >= 11 is 0. The molecule has 0 unspecified atom stereocenters. The molecular formula is C24H24N4O2. The normalized spacial score (nSPS) is 10.7. The standard InChI is InChI=1S/C24H24N4O2/c1-30-20-9-6-17(7-10-20)12-13-25-23-11-8-19(16-27-23)28-24(29)14-18-15-26-22-5-3-2-4-21(18)22/h2-11,15-16,26H,12-14H2,1H3,(H,25,27)(H,28,29). The van der Waals surface area contributed by atoms with Gasteiger partial charge in [0.1, 0.15) is 11.6 Å². The van der Waals surface area contributed by atoms with Crippen molar-refractivity contribution in [2.75, 3.05) is 24.3 Å². The highest BCUT2D eigenvalue weighted by molar-refractivity contribution is 5.95. The summed E-state index contributed by atoms with van der Waals surface area (Å²) in [5.41, 5.74) is 3.92. The van der Waals surface area contributed by atoms with Gasteiger partial charge >= 0.3 is 0 Å². The number of para-hydroxylation sites is 1. The van der Waals surface area contributed by atoms with E-state index in [0.29, 0.717) is 12.1 Å². The fraction of sp³-hybridized carbons (Fsp3) is 0.167. The highest BCUT2D eigenvalue weighted by Gasteiger charge is 2.09. The number of benzene rings is 2. The van der Waals surface area contributed by atoms with E-state index < -0.39 is 0 Å². The van der Waals surface area contributed by atoms with Crippen LogP contribution in [0.1, 0.15) is 11.1 Å². The lowest BCUT2D eigenvalue weighted by atomic mass is 10.1. The lowest BCUT2D eigenvalue weighted by Crippen LogP contribution is -2.14. The van der Waals surface area contributed by atoms with E-state index in [0.717, 1.165) is 41.0 Å². The summed E-state index contributed by atoms with van der Waals surface area (Å²) < 4.78 is 5.17. The van der Waals surface area contributed by atoms with Gasteiger partial charge < -0.3 is 20.4 Å². The minimum Gasteiger partial charge on any atom is -0.497 e. The molecule has 3 N–H and O–H groups in total. The van der Waals surface area contributed by atoms with E-state index in [1.807, 2.05) is 54.7 Å². The molecule has 30 heavy (non-hydrogen) atoms. The molecule has 0 aliphatic heterocycles. The number of amides is 1. The molecule has 4 aromatic rings. The van der Waals surface area contributed by atoms with Gasteiger partial charge in [-0.15, -0.1) is 0 Å². The summed E-state index contributed by atoms with van der Waals surface area (Å²) in [7, 11) is 1.66. The van der Waals surface area contributed by atoms with Gasteiger partial charge in [0, 0.05) is 23.6 Å². The first-order chi connectivity index (χ1) is 14.7. The third kappa shape index (κ3) is 4.78. The SMILES string of the molecule is COc1ccc(CCNc2ccc(NC(=O)Cc3c[nH]c4ccccc34)cn2)cc1. The summed E-state index contributed by atoms with van der Waals surface area (Å²) in [5.74, 6) is 1.57. The van der Waals surface area contributed by atoms with Crippen LogP contribution in [-0.4, -0.2) is 29.5 Å². The molecule has 0 radical (unpaired) electrons. The van der Waals surface area contributed by atoms with Gasteiger partial charge in [-0.3, -0.25) is 4.79 Å². The van der Waals surface area contributed by atoms with Crippen molar-refractivity contribution in [2.24, 2.45) is 0 Å². The Labute approximate surface area is 175 Å². The number of carbonyl (C=O) groups is 1. The van der Waals surface area contributed by atoms with Crippen LogP contribution in [0.2, 0.25) is 0 Å². The Morgan fingerprint density at radius 1 is 1.07 bits per heavy atom. The van der Waals surface area contributed by atoms with E-state index in [9.17, 15) is 4.79 Å². The molecule has 0 bridgehead atoms. The summed E-state index contributed by atoms with van der Waals surface area (Å²) in [5, 5.41) is 7.28. The van der Waals surface area contributed by atoms with Gasteiger partial charge in [-0.25, -0.2) is 4.98 Å². The van der Waals surface area contributed by atoms with Crippen molar-refractivity contribution in [3.05, 3.63) is 84.2 Å².